The molecule has 5 nitrogen and oxygen atoms in total. The van der Waals surface area contributed by atoms with Crippen molar-refractivity contribution in [2.24, 2.45) is 0 Å². The van der Waals surface area contributed by atoms with Crippen LogP contribution in [0.15, 0.2) is 30.3 Å². The topological polar surface area (TPSA) is 98.5 Å². The van der Waals surface area contributed by atoms with E-state index in [2.05, 4.69) is 22.3 Å². The lowest BCUT2D eigenvalue weighted by atomic mass is 9.96. The average molecular weight is 273 g/mol. The number of nitrogens with two attached hydrogens (primary N) is 1. The van der Waals surface area contributed by atoms with Gasteiger partial charge in [0.2, 0.25) is 0 Å². The second-order valence-electron chi connectivity index (χ2n) is 4.12. The Morgan fingerprint density at radius 1 is 1.14 bits per heavy atom. The summed E-state index contributed by atoms with van der Waals surface area (Å²) >= 11 is 0. The number of nitrogens with zero attached hydrogens (tertiary/aromatic N) is 3. The summed E-state index contributed by atoms with van der Waals surface area (Å²) in [7, 11) is 0. The molecule has 2 rings (SSSR count). The molecule has 0 radical (unpaired) electrons. The van der Waals surface area contributed by atoms with Crippen molar-refractivity contribution in [2.75, 3.05) is 17.6 Å². The molecule has 5 heteroatoms. The van der Waals surface area contributed by atoms with Crippen molar-refractivity contribution >= 4 is 11.6 Å². The number of nitrogens with one attached hydrogen (secondary N) is 1. The standard InChI is InChI=1S/C16H11N5/c1-2-8-20-16-13(10-18)14(11-6-4-3-5-7-11)12(9-17)15(19)21-16/h1,3-7H,8H2,(H3,19,20,21). The van der Waals surface area contributed by atoms with Gasteiger partial charge < -0.3 is 11.1 Å². The molecule has 0 saturated heterocycles. The number of nitriles is 2. The van der Waals surface area contributed by atoms with Gasteiger partial charge in [-0.05, 0) is 5.56 Å². The van der Waals surface area contributed by atoms with Crippen molar-refractivity contribution in [1.29, 1.82) is 10.5 Å². The van der Waals surface area contributed by atoms with Crippen LogP contribution < -0.4 is 11.1 Å². The molecule has 1 aromatic carbocycles. The molecule has 0 aliphatic rings. The van der Waals surface area contributed by atoms with Crippen molar-refractivity contribution < 1.29 is 0 Å². The first-order valence-electron chi connectivity index (χ1n) is 6.09. The normalized spacial score (nSPS) is 9.19. The quantitative estimate of drug-likeness (QED) is 0.834. The van der Waals surface area contributed by atoms with Crippen molar-refractivity contribution in [3.63, 3.8) is 0 Å². The molecule has 100 valence electrons. The van der Waals surface area contributed by atoms with Gasteiger partial charge in [0.1, 0.15) is 34.9 Å². The lowest BCUT2D eigenvalue weighted by Crippen LogP contribution is -2.09. The summed E-state index contributed by atoms with van der Waals surface area (Å²) in [6.45, 7) is 0.210. The summed E-state index contributed by atoms with van der Waals surface area (Å²) in [5, 5.41) is 21.6. The average Bonchev–Trinajstić information content (AvgIpc) is 2.52. The second-order valence-corrected chi connectivity index (χ2v) is 4.12. The minimum Gasteiger partial charge on any atom is -0.383 e. The smallest absolute Gasteiger partial charge is 0.147 e. The number of pyridine rings is 1. The van der Waals surface area contributed by atoms with Gasteiger partial charge in [-0.1, -0.05) is 36.3 Å². The van der Waals surface area contributed by atoms with E-state index < -0.39 is 0 Å². The molecular weight excluding hydrogens is 262 g/mol. The van der Waals surface area contributed by atoms with Gasteiger partial charge in [0.05, 0.1) is 6.54 Å². The van der Waals surface area contributed by atoms with Crippen LogP contribution in [0, 0.1) is 35.0 Å². The summed E-state index contributed by atoms with van der Waals surface area (Å²) in [6, 6.07) is 13.2. The van der Waals surface area contributed by atoms with Gasteiger partial charge in [0.25, 0.3) is 0 Å². The van der Waals surface area contributed by atoms with Gasteiger partial charge in [-0.3, -0.25) is 0 Å². The van der Waals surface area contributed by atoms with Crippen LogP contribution >= 0.6 is 0 Å². The Bertz CT molecular complexity index is 789. The van der Waals surface area contributed by atoms with Crippen LogP contribution in [0.2, 0.25) is 0 Å². The van der Waals surface area contributed by atoms with Crippen LogP contribution in [-0.2, 0) is 0 Å². The Morgan fingerprint density at radius 3 is 2.38 bits per heavy atom. The maximum absolute atomic E-state index is 9.44. The van der Waals surface area contributed by atoms with Crippen LogP contribution in [0.3, 0.4) is 0 Å². The van der Waals surface area contributed by atoms with E-state index in [0.29, 0.717) is 5.56 Å². The Labute approximate surface area is 122 Å². The maximum atomic E-state index is 9.44. The Hall–Kier alpha value is -3.49. The molecule has 0 bridgehead atoms. The number of hydrogen-bond donors (Lipinski definition) is 2. The molecule has 0 saturated carbocycles. The summed E-state index contributed by atoms with van der Waals surface area (Å²) < 4.78 is 0. The molecule has 0 unspecified atom stereocenters. The van der Waals surface area contributed by atoms with Crippen LogP contribution in [-0.4, -0.2) is 11.5 Å². The first-order valence-corrected chi connectivity index (χ1v) is 6.09. The number of aromatic nitrogens is 1. The van der Waals surface area contributed by atoms with E-state index in [0.717, 1.165) is 5.56 Å². The molecule has 0 aliphatic carbocycles. The number of nitrogen functional groups attached to an aromatic ring is 1. The summed E-state index contributed by atoms with van der Waals surface area (Å²) in [5.74, 6) is 2.76. The minimum atomic E-state index is 0.0647. The molecule has 3 N–H and O–H groups in total. The summed E-state index contributed by atoms with van der Waals surface area (Å²) in [6.07, 6.45) is 5.20. The Kier molecular flexibility index (Phi) is 4.05. The maximum Gasteiger partial charge on any atom is 0.147 e. The van der Waals surface area contributed by atoms with Crippen molar-refractivity contribution in [3.8, 4) is 35.6 Å². The van der Waals surface area contributed by atoms with Crippen LogP contribution in [0.4, 0.5) is 11.6 Å². The number of rotatable bonds is 3. The Morgan fingerprint density at radius 2 is 1.81 bits per heavy atom. The highest BCUT2D eigenvalue weighted by atomic mass is 15.0. The predicted octanol–water partition coefficient (Wildman–Crippen LogP) is 2.12. The lowest BCUT2D eigenvalue weighted by Gasteiger charge is -2.13. The van der Waals surface area contributed by atoms with Gasteiger partial charge in [0.15, 0.2) is 0 Å². The van der Waals surface area contributed by atoms with Gasteiger partial charge in [-0.25, -0.2) is 4.98 Å². The molecule has 0 atom stereocenters. The van der Waals surface area contributed by atoms with E-state index >= 15 is 0 Å². The predicted molar refractivity (Wildman–Crippen MR) is 80.8 cm³/mol. The van der Waals surface area contributed by atoms with Crippen LogP contribution in [0.25, 0.3) is 11.1 Å². The highest BCUT2D eigenvalue weighted by Crippen LogP contribution is 2.33. The fourth-order valence-electron chi connectivity index (χ4n) is 1.98. The number of anilines is 2. The van der Waals surface area contributed by atoms with Crippen molar-refractivity contribution in [2.45, 2.75) is 0 Å². The summed E-state index contributed by atoms with van der Waals surface area (Å²) in [4.78, 5) is 4.06. The number of benzene rings is 1. The monoisotopic (exact) mass is 273 g/mol. The molecule has 0 amide bonds. The molecule has 1 aromatic heterocycles. The zero-order chi connectivity index (χ0) is 15.2. The molecule has 2 aromatic rings. The van der Waals surface area contributed by atoms with Crippen LogP contribution in [0.1, 0.15) is 11.1 Å². The molecular formula is C16H11N5. The summed E-state index contributed by atoms with van der Waals surface area (Å²) in [5.41, 5.74) is 7.46. The zero-order valence-electron chi connectivity index (χ0n) is 11.1. The van der Waals surface area contributed by atoms with E-state index in [1.54, 1.807) is 12.1 Å². The SMILES string of the molecule is C#CCNc1nc(N)c(C#N)c(-c2ccccc2)c1C#N. The molecule has 1 heterocycles. The first kappa shape index (κ1) is 13.9. The lowest BCUT2D eigenvalue weighted by molar-refractivity contribution is 1.23. The number of terminal acetylenes is 1. The van der Waals surface area contributed by atoms with E-state index in [-0.39, 0.29) is 29.3 Å². The van der Waals surface area contributed by atoms with E-state index in [9.17, 15) is 10.5 Å². The fourth-order valence-corrected chi connectivity index (χ4v) is 1.98. The van der Waals surface area contributed by atoms with Gasteiger partial charge >= 0.3 is 0 Å². The second kappa shape index (κ2) is 6.10. The third-order valence-corrected chi connectivity index (χ3v) is 2.87. The van der Waals surface area contributed by atoms with Gasteiger partial charge in [0, 0.05) is 5.56 Å². The van der Waals surface area contributed by atoms with Gasteiger partial charge in [-0.15, -0.1) is 6.42 Å². The van der Waals surface area contributed by atoms with E-state index in [4.69, 9.17) is 12.2 Å². The number of hydrogen-bond acceptors (Lipinski definition) is 5. The third kappa shape index (κ3) is 2.61. The molecule has 0 aliphatic heterocycles. The fraction of sp³-hybridized carbons (Fsp3) is 0.0625. The minimum absolute atomic E-state index is 0.0647. The Balaban J connectivity index is 2.78. The largest absolute Gasteiger partial charge is 0.383 e. The molecule has 21 heavy (non-hydrogen) atoms. The van der Waals surface area contributed by atoms with Gasteiger partial charge in [-0.2, -0.15) is 10.5 Å². The zero-order valence-corrected chi connectivity index (χ0v) is 11.1. The van der Waals surface area contributed by atoms with Crippen LogP contribution in [0.5, 0.6) is 0 Å². The van der Waals surface area contributed by atoms with Crippen molar-refractivity contribution in [3.05, 3.63) is 41.5 Å². The highest BCUT2D eigenvalue weighted by Gasteiger charge is 2.19. The third-order valence-electron chi connectivity index (χ3n) is 2.87. The first-order chi connectivity index (χ1) is 10.2. The van der Waals surface area contributed by atoms with Crippen molar-refractivity contribution in [1.82, 2.24) is 4.98 Å². The van der Waals surface area contributed by atoms with E-state index in [1.165, 1.54) is 0 Å². The highest BCUT2D eigenvalue weighted by molar-refractivity contribution is 5.84. The molecule has 0 fully saturated rings. The molecule has 0 spiro atoms. The van der Waals surface area contributed by atoms with E-state index in [1.807, 2.05) is 24.3 Å².